The van der Waals surface area contributed by atoms with Crippen LogP contribution >= 0.6 is 0 Å². The van der Waals surface area contributed by atoms with Gasteiger partial charge < -0.3 is 18.8 Å². The topological polar surface area (TPSA) is 66.8 Å². The van der Waals surface area contributed by atoms with Gasteiger partial charge in [-0.3, -0.25) is 9.59 Å². The average Bonchev–Trinajstić information content (AvgIpc) is 3.53. The Hall–Kier alpha value is -2.76. The largest absolute Gasteiger partial charge is 0.457 e. The Morgan fingerprint density at radius 3 is 2.71 bits per heavy atom. The van der Waals surface area contributed by atoms with Crippen molar-refractivity contribution in [2.75, 3.05) is 13.4 Å². The zero-order valence-corrected chi connectivity index (χ0v) is 18.2. The smallest absolute Gasteiger partial charge is 0.306 e. The van der Waals surface area contributed by atoms with Crippen molar-refractivity contribution in [3.63, 3.8) is 0 Å². The van der Waals surface area contributed by atoms with Crippen molar-refractivity contribution in [3.8, 4) is 11.5 Å². The van der Waals surface area contributed by atoms with Gasteiger partial charge in [0.1, 0.15) is 0 Å². The number of aryl methyl sites for hydroxylation is 1. The molecule has 0 N–H and O–H groups in total. The summed E-state index contributed by atoms with van der Waals surface area (Å²) < 4.78 is 18.3. The molecule has 0 spiro atoms. The maximum Gasteiger partial charge on any atom is 0.306 e. The number of benzene rings is 1. The molecule has 2 bridgehead atoms. The van der Waals surface area contributed by atoms with Crippen LogP contribution in [0.15, 0.2) is 24.3 Å². The summed E-state index contributed by atoms with van der Waals surface area (Å²) in [5, 5.41) is 0. The fourth-order valence-electron chi connectivity index (χ4n) is 5.67. The maximum absolute atomic E-state index is 12.8. The summed E-state index contributed by atoms with van der Waals surface area (Å²) in [6.45, 7) is 4.61. The van der Waals surface area contributed by atoms with E-state index in [9.17, 15) is 9.59 Å². The quantitative estimate of drug-likeness (QED) is 0.487. The van der Waals surface area contributed by atoms with Gasteiger partial charge in [0.15, 0.2) is 18.1 Å². The number of esters is 1. The number of fused-ring (bicyclic) bond motifs is 3. The predicted molar refractivity (Wildman–Crippen MR) is 114 cm³/mol. The number of rotatable bonds is 7. The van der Waals surface area contributed by atoms with Gasteiger partial charge in [-0.05, 0) is 74.6 Å². The number of carbonyl (C=O) groups is 2. The van der Waals surface area contributed by atoms with Crippen LogP contribution in [0.5, 0.6) is 11.5 Å². The minimum Gasteiger partial charge on any atom is -0.457 e. The molecule has 1 aromatic carbocycles. The maximum atomic E-state index is 12.8. The Morgan fingerprint density at radius 2 is 1.94 bits per heavy atom. The molecule has 5 rings (SSSR count). The second-order valence-corrected chi connectivity index (χ2v) is 9.28. The molecule has 0 amide bonds. The molecule has 2 aromatic rings. The van der Waals surface area contributed by atoms with Crippen LogP contribution in [0.3, 0.4) is 0 Å². The van der Waals surface area contributed by atoms with Crippen LogP contribution in [0, 0.1) is 31.6 Å². The number of Topliss-reactive ketones (excluding diaryl/α,β-unsaturated/α-hetero) is 1. The molecule has 164 valence electrons. The normalized spacial score (nSPS) is 23.4. The van der Waals surface area contributed by atoms with E-state index in [2.05, 4.69) is 4.57 Å². The molecule has 0 saturated heterocycles. The van der Waals surface area contributed by atoms with Crippen molar-refractivity contribution < 1.29 is 23.8 Å². The summed E-state index contributed by atoms with van der Waals surface area (Å²) in [7, 11) is 0. The Morgan fingerprint density at radius 1 is 1.10 bits per heavy atom. The Kier molecular flexibility index (Phi) is 5.24. The van der Waals surface area contributed by atoms with Gasteiger partial charge in [0, 0.05) is 29.9 Å². The van der Waals surface area contributed by atoms with Crippen molar-refractivity contribution in [3.05, 3.63) is 46.8 Å². The molecule has 6 heteroatoms. The highest BCUT2D eigenvalue weighted by Gasteiger charge is 2.40. The lowest BCUT2D eigenvalue weighted by Gasteiger charge is -2.20. The first-order chi connectivity index (χ1) is 15.0. The first kappa shape index (κ1) is 20.2. The third kappa shape index (κ3) is 3.95. The van der Waals surface area contributed by atoms with E-state index >= 15 is 0 Å². The first-order valence-electron chi connectivity index (χ1n) is 11.2. The predicted octanol–water partition coefficient (Wildman–Crippen LogP) is 4.43. The standard InChI is InChI=1S/C25H29NO5/c1-15-7-21(16(2)26(15)12-18-4-6-23-24(10-18)31-14-30-23)22(27)13-29-25(28)11-20-9-17-3-5-19(20)8-17/h4,6-7,10,17,19-20H,3,5,8-9,11-14H2,1-2H3/t17-,19-,20+/m1/s1. The lowest BCUT2D eigenvalue weighted by Crippen LogP contribution is -2.20. The van der Waals surface area contributed by atoms with Gasteiger partial charge in [-0.25, -0.2) is 0 Å². The van der Waals surface area contributed by atoms with Gasteiger partial charge in [0.2, 0.25) is 12.6 Å². The van der Waals surface area contributed by atoms with Crippen LogP contribution < -0.4 is 9.47 Å². The molecule has 1 aromatic heterocycles. The third-order valence-electron chi connectivity index (χ3n) is 7.33. The third-order valence-corrected chi connectivity index (χ3v) is 7.33. The van der Waals surface area contributed by atoms with Crippen molar-refractivity contribution in [2.45, 2.75) is 52.5 Å². The molecule has 0 unspecified atom stereocenters. The zero-order chi connectivity index (χ0) is 21.5. The number of hydrogen-bond acceptors (Lipinski definition) is 5. The number of nitrogens with zero attached hydrogens (tertiary/aromatic N) is 1. The number of aromatic nitrogens is 1. The summed E-state index contributed by atoms with van der Waals surface area (Å²) in [4.78, 5) is 25.1. The van der Waals surface area contributed by atoms with Crippen LogP contribution in [-0.4, -0.2) is 29.7 Å². The molecule has 2 heterocycles. The number of carbonyl (C=O) groups excluding carboxylic acids is 2. The second kappa shape index (κ2) is 8.06. The van der Waals surface area contributed by atoms with Crippen LogP contribution in [0.1, 0.15) is 59.4 Å². The highest BCUT2D eigenvalue weighted by Crippen LogP contribution is 2.49. The van der Waals surface area contributed by atoms with Crippen molar-refractivity contribution in [1.29, 1.82) is 0 Å². The Labute approximate surface area is 182 Å². The molecular formula is C25H29NO5. The summed E-state index contributed by atoms with van der Waals surface area (Å²) in [6, 6.07) is 7.77. The number of ketones is 1. The van der Waals surface area contributed by atoms with E-state index < -0.39 is 0 Å². The van der Waals surface area contributed by atoms with E-state index in [1.807, 2.05) is 38.1 Å². The van der Waals surface area contributed by atoms with E-state index in [4.69, 9.17) is 14.2 Å². The minimum atomic E-state index is -0.236. The van der Waals surface area contributed by atoms with Crippen LogP contribution in [0.2, 0.25) is 0 Å². The van der Waals surface area contributed by atoms with E-state index in [0.29, 0.717) is 30.4 Å². The van der Waals surface area contributed by atoms with Crippen LogP contribution in [0.25, 0.3) is 0 Å². The van der Waals surface area contributed by atoms with Crippen LogP contribution in [-0.2, 0) is 16.1 Å². The Bertz CT molecular complexity index is 1020. The van der Waals surface area contributed by atoms with Gasteiger partial charge in [-0.15, -0.1) is 0 Å². The van der Waals surface area contributed by atoms with E-state index in [-0.39, 0.29) is 25.2 Å². The number of ether oxygens (including phenoxy) is 3. The molecule has 3 atom stereocenters. The van der Waals surface area contributed by atoms with Gasteiger partial charge in [0.25, 0.3) is 0 Å². The summed E-state index contributed by atoms with van der Waals surface area (Å²) >= 11 is 0. The zero-order valence-electron chi connectivity index (χ0n) is 18.2. The van der Waals surface area contributed by atoms with Crippen LogP contribution in [0.4, 0.5) is 0 Å². The molecule has 31 heavy (non-hydrogen) atoms. The highest BCUT2D eigenvalue weighted by atomic mass is 16.7. The SMILES string of the molecule is Cc1cc(C(=O)COC(=O)C[C@@H]2C[C@@H]3CC[C@@H]2C3)c(C)n1Cc1ccc2c(c1)OCO2. The summed E-state index contributed by atoms with van der Waals surface area (Å²) in [5.74, 6) is 3.06. The van der Waals surface area contributed by atoms with E-state index in [0.717, 1.165) is 40.8 Å². The van der Waals surface area contributed by atoms with Gasteiger partial charge in [-0.1, -0.05) is 12.5 Å². The highest BCUT2D eigenvalue weighted by molar-refractivity contribution is 5.99. The van der Waals surface area contributed by atoms with E-state index in [1.54, 1.807) is 0 Å². The summed E-state index contributed by atoms with van der Waals surface area (Å²) in [5.41, 5.74) is 3.56. The average molecular weight is 424 g/mol. The van der Waals surface area contributed by atoms with Gasteiger partial charge in [-0.2, -0.15) is 0 Å². The molecule has 3 aliphatic rings. The lowest BCUT2D eigenvalue weighted by atomic mass is 9.86. The molecule has 1 aliphatic heterocycles. The van der Waals surface area contributed by atoms with Crippen molar-refractivity contribution in [1.82, 2.24) is 4.57 Å². The minimum absolute atomic E-state index is 0.147. The van der Waals surface area contributed by atoms with Crippen molar-refractivity contribution in [2.24, 2.45) is 17.8 Å². The second-order valence-electron chi connectivity index (χ2n) is 9.28. The molecule has 6 nitrogen and oxygen atoms in total. The fourth-order valence-corrected chi connectivity index (χ4v) is 5.67. The van der Waals surface area contributed by atoms with E-state index in [1.165, 1.54) is 19.3 Å². The fraction of sp³-hybridized carbons (Fsp3) is 0.520. The molecule has 2 fully saturated rings. The molecule has 2 aliphatic carbocycles. The summed E-state index contributed by atoms with van der Waals surface area (Å²) in [6.07, 6.45) is 5.44. The van der Waals surface area contributed by atoms with Gasteiger partial charge >= 0.3 is 5.97 Å². The molecular weight excluding hydrogens is 394 g/mol. The van der Waals surface area contributed by atoms with Crippen molar-refractivity contribution >= 4 is 11.8 Å². The number of hydrogen-bond donors (Lipinski definition) is 0. The first-order valence-corrected chi connectivity index (χ1v) is 11.2. The monoisotopic (exact) mass is 423 g/mol. The Balaban J connectivity index is 1.20. The molecule has 2 saturated carbocycles. The molecule has 0 radical (unpaired) electrons. The lowest BCUT2D eigenvalue weighted by molar-refractivity contribution is -0.144. The van der Waals surface area contributed by atoms with Gasteiger partial charge in [0.05, 0.1) is 0 Å².